The van der Waals surface area contributed by atoms with Crippen LogP contribution in [0.15, 0.2) is 52.3 Å². The first-order valence-corrected chi connectivity index (χ1v) is 10.1. The Kier molecular flexibility index (Phi) is 7.01. The van der Waals surface area contributed by atoms with Gasteiger partial charge in [-0.15, -0.1) is 0 Å². The van der Waals surface area contributed by atoms with Crippen LogP contribution in [-0.4, -0.2) is 23.0 Å². The van der Waals surface area contributed by atoms with E-state index in [2.05, 4.69) is 4.99 Å². The fourth-order valence-electron chi connectivity index (χ4n) is 3.09. The predicted molar refractivity (Wildman–Crippen MR) is 122 cm³/mol. The van der Waals surface area contributed by atoms with Crippen LogP contribution in [0.25, 0.3) is 0 Å². The van der Waals surface area contributed by atoms with Gasteiger partial charge in [0.15, 0.2) is 0 Å². The van der Waals surface area contributed by atoms with Gasteiger partial charge >= 0.3 is 0 Å². The Balaban J connectivity index is 1.99. The zero-order valence-corrected chi connectivity index (χ0v) is 18.4. The lowest BCUT2D eigenvalue weighted by Gasteiger charge is -2.14. The molecule has 1 N–H and O–H groups in total. The largest absolute Gasteiger partial charge is 0.497 e. The molecule has 158 valence electrons. The van der Waals surface area contributed by atoms with Crippen LogP contribution in [0.5, 0.6) is 11.6 Å². The molecule has 1 aromatic heterocycles. The van der Waals surface area contributed by atoms with Crippen LogP contribution in [0.4, 0.5) is 5.69 Å². The number of aryl methyl sites for hydroxylation is 1. The van der Waals surface area contributed by atoms with Crippen molar-refractivity contribution >= 4 is 35.1 Å². The third-order valence-corrected chi connectivity index (χ3v) is 5.41. The van der Waals surface area contributed by atoms with E-state index in [0.29, 0.717) is 27.7 Å². The van der Waals surface area contributed by atoms with Gasteiger partial charge in [0.1, 0.15) is 17.4 Å². The fraction of sp³-hybridized carbons (Fsp3) is 0.174. The van der Waals surface area contributed by atoms with E-state index in [-0.39, 0.29) is 23.6 Å². The molecular weight excluding hydrogens is 437 g/mol. The van der Waals surface area contributed by atoms with E-state index in [1.165, 1.54) is 10.8 Å². The lowest BCUT2D eigenvalue weighted by atomic mass is 10.1. The van der Waals surface area contributed by atoms with Crippen LogP contribution in [0.1, 0.15) is 22.3 Å². The summed E-state index contributed by atoms with van der Waals surface area (Å²) < 4.78 is 6.33. The molecule has 0 bridgehead atoms. The van der Waals surface area contributed by atoms with E-state index >= 15 is 0 Å². The Morgan fingerprint density at radius 1 is 1.23 bits per heavy atom. The van der Waals surface area contributed by atoms with Crippen molar-refractivity contribution in [1.29, 1.82) is 5.26 Å². The van der Waals surface area contributed by atoms with Crippen LogP contribution in [0.3, 0.4) is 0 Å². The van der Waals surface area contributed by atoms with Gasteiger partial charge < -0.3 is 9.84 Å². The van der Waals surface area contributed by atoms with Crippen LogP contribution < -0.4 is 10.3 Å². The maximum absolute atomic E-state index is 12.8. The standard InChI is InChI=1S/C23H19Cl2N3O3/c1-14-18(12-26)22(29)28(10-9-15-3-6-17(31-2)7-4-15)23(30)19(14)13-27-21-8-5-16(24)11-20(21)25/h3-8,11,13,30H,9-10H2,1-2H3. The molecule has 3 rings (SSSR count). The Labute approximate surface area is 189 Å². The van der Waals surface area contributed by atoms with Crippen LogP contribution >= 0.6 is 23.2 Å². The molecule has 0 aliphatic heterocycles. The number of aromatic hydroxyl groups is 1. The second kappa shape index (κ2) is 9.69. The first kappa shape index (κ1) is 22.4. The lowest BCUT2D eigenvalue weighted by molar-refractivity contribution is 0.404. The molecule has 3 aromatic rings. The third kappa shape index (κ3) is 4.91. The summed E-state index contributed by atoms with van der Waals surface area (Å²) in [6.07, 6.45) is 1.87. The first-order valence-electron chi connectivity index (χ1n) is 9.34. The van der Waals surface area contributed by atoms with Crippen molar-refractivity contribution in [2.75, 3.05) is 7.11 Å². The quantitative estimate of drug-likeness (QED) is 0.527. The van der Waals surface area contributed by atoms with Crippen molar-refractivity contribution in [3.8, 4) is 17.7 Å². The number of methoxy groups -OCH3 is 1. The van der Waals surface area contributed by atoms with Crippen molar-refractivity contribution in [1.82, 2.24) is 4.57 Å². The molecule has 0 spiro atoms. The average Bonchev–Trinajstić information content (AvgIpc) is 2.75. The number of benzene rings is 2. The fourth-order valence-corrected chi connectivity index (χ4v) is 3.54. The van der Waals surface area contributed by atoms with Crippen molar-refractivity contribution in [2.24, 2.45) is 4.99 Å². The molecule has 0 atom stereocenters. The smallest absolute Gasteiger partial charge is 0.271 e. The summed E-state index contributed by atoms with van der Waals surface area (Å²) in [6.45, 7) is 1.78. The van der Waals surface area contributed by atoms with Crippen molar-refractivity contribution in [3.05, 3.63) is 85.1 Å². The summed E-state index contributed by atoms with van der Waals surface area (Å²) in [7, 11) is 1.59. The minimum Gasteiger partial charge on any atom is -0.497 e. The molecule has 31 heavy (non-hydrogen) atoms. The Hall–Kier alpha value is -3.27. The highest BCUT2D eigenvalue weighted by atomic mass is 35.5. The van der Waals surface area contributed by atoms with Crippen LogP contribution in [-0.2, 0) is 13.0 Å². The van der Waals surface area contributed by atoms with Crippen molar-refractivity contribution < 1.29 is 9.84 Å². The maximum atomic E-state index is 12.8. The van der Waals surface area contributed by atoms with E-state index in [0.717, 1.165) is 11.3 Å². The van der Waals surface area contributed by atoms with Crippen molar-refractivity contribution in [3.63, 3.8) is 0 Å². The molecule has 0 saturated carbocycles. The van der Waals surface area contributed by atoms with Gasteiger partial charge in [-0.2, -0.15) is 5.26 Å². The topological polar surface area (TPSA) is 87.6 Å². The van der Waals surface area contributed by atoms with Gasteiger partial charge in [-0.3, -0.25) is 14.4 Å². The van der Waals surface area contributed by atoms with Crippen molar-refractivity contribution in [2.45, 2.75) is 19.9 Å². The number of nitriles is 1. The molecule has 0 fully saturated rings. The summed E-state index contributed by atoms with van der Waals surface area (Å²) in [5.41, 5.74) is 1.43. The summed E-state index contributed by atoms with van der Waals surface area (Å²) in [5, 5.41) is 21.1. The predicted octanol–water partition coefficient (Wildman–Crippen LogP) is 5.04. The lowest BCUT2D eigenvalue weighted by Crippen LogP contribution is -2.26. The number of aromatic nitrogens is 1. The number of nitrogens with zero attached hydrogens (tertiary/aromatic N) is 3. The first-order chi connectivity index (χ1) is 14.8. The molecule has 0 unspecified atom stereocenters. The summed E-state index contributed by atoms with van der Waals surface area (Å²) in [4.78, 5) is 17.1. The minimum absolute atomic E-state index is 0.0452. The molecule has 2 aromatic carbocycles. The van der Waals surface area contributed by atoms with Gasteiger partial charge in [-0.05, 0) is 54.8 Å². The summed E-state index contributed by atoms with van der Waals surface area (Å²) in [5.74, 6) is 0.467. The zero-order chi connectivity index (χ0) is 22.5. The Morgan fingerprint density at radius 3 is 2.55 bits per heavy atom. The minimum atomic E-state index is -0.548. The zero-order valence-electron chi connectivity index (χ0n) is 16.9. The van der Waals surface area contributed by atoms with Gasteiger partial charge in [-0.1, -0.05) is 35.3 Å². The molecule has 0 saturated heterocycles. The molecule has 0 amide bonds. The molecule has 0 aliphatic carbocycles. The highest BCUT2D eigenvalue weighted by molar-refractivity contribution is 6.36. The highest BCUT2D eigenvalue weighted by Crippen LogP contribution is 2.29. The normalized spacial score (nSPS) is 10.9. The van der Waals surface area contributed by atoms with Gasteiger partial charge in [-0.25, -0.2) is 0 Å². The molecule has 8 heteroatoms. The van der Waals surface area contributed by atoms with E-state index in [4.69, 9.17) is 27.9 Å². The maximum Gasteiger partial charge on any atom is 0.271 e. The van der Waals surface area contributed by atoms with Crippen LogP contribution in [0, 0.1) is 18.3 Å². The third-order valence-electron chi connectivity index (χ3n) is 4.87. The van der Waals surface area contributed by atoms with E-state index in [1.54, 1.807) is 32.2 Å². The number of pyridine rings is 1. The van der Waals surface area contributed by atoms with Gasteiger partial charge in [0.05, 0.1) is 23.4 Å². The molecule has 6 nitrogen and oxygen atoms in total. The van der Waals surface area contributed by atoms with E-state index in [1.807, 2.05) is 30.3 Å². The average molecular weight is 456 g/mol. The monoisotopic (exact) mass is 455 g/mol. The van der Waals surface area contributed by atoms with Gasteiger partial charge in [0.2, 0.25) is 5.88 Å². The molecule has 0 aliphatic rings. The van der Waals surface area contributed by atoms with Crippen LogP contribution in [0.2, 0.25) is 10.0 Å². The number of ether oxygens (including phenoxy) is 1. The number of hydrogen-bond acceptors (Lipinski definition) is 5. The Morgan fingerprint density at radius 2 is 1.94 bits per heavy atom. The summed E-state index contributed by atoms with van der Waals surface area (Å²) >= 11 is 12.1. The molecular formula is C23H19Cl2N3O3. The number of aliphatic imine (C=N–C) groups is 1. The SMILES string of the molecule is COc1ccc(CCn2c(O)c(C=Nc3ccc(Cl)cc3Cl)c(C)c(C#N)c2=O)cc1. The van der Waals surface area contributed by atoms with Gasteiger partial charge in [0, 0.05) is 17.8 Å². The van der Waals surface area contributed by atoms with E-state index in [9.17, 15) is 15.2 Å². The van der Waals surface area contributed by atoms with Gasteiger partial charge in [0.25, 0.3) is 5.56 Å². The second-order valence-electron chi connectivity index (χ2n) is 6.76. The highest BCUT2D eigenvalue weighted by Gasteiger charge is 2.18. The molecule has 0 radical (unpaired) electrons. The number of hydrogen-bond donors (Lipinski definition) is 1. The molecule has 1 heterocycles. The Bertz CT molecular complexity index is 1240. The summed E-state index contributed by atoms with van der Waals surface area (Å²) in [6, 6.07) is 14.2. The second-order valence-corrected chi connectivity index (χ2v) is 7.60. The number of halogens is 2. The van der Waals surface area contributed by atoms with E-state index < -0.39 is 5.56 Å². The number of rotatable bonds is 6.